The first kappa shape index (κ1) is 14.9. The molecule has 0 aliphatic carbocycles. The van der Waals surface area contributed by atoms with Gasteiger partial charge < -0.3 is 14.9 Å². The van der Waals surface area contributed by atoms with Crippen LogP contribution in [-0.4, -0.2) is 35.4 Å². The zero-order valence-corrected chi connectivity index (χ0v) is 9.81. The van der Waals surface area contributed by atoms with Crippen molar-refractivity contribution in [1.82, 2.24) is 0 Å². The average Bonchev–Trinajstić information content (AvgIpc) is 2.23. The maximum atomic E-state index is 11.1. The molecule has 0 aliphatic rings. The highest BCUT2D eigenvalue weighted by atomic mass is 16.5. The lowest BCUT2D eigenvalue weighted by atomic mass is 9.91. The van der Waals surface area contributed by atoms with Gasteiger partial charge >= 0.3 is 11.9 Å². The molecule has 0 saturated heterocycles. The van der Waals surface area contributed by atoms with Gasteiger partial charge in [-0.1, -0.05) is 13.8 Å². The van der Waals surface area contributed by atoms with Gasteiger partial charge in [0.2, 0.25) is 0 Å². The number of carboxylic acid groups (broad SMARTS) is 1. The third-order valence-electron chi connectivity index (χ3n) is 2.47. The van der Waals surface area contributed by atoms with Gasteiger partial charge in [0.15, 0.2) is 0 Å². The van der Waals surface area contributed by atoms with Gasteiger partial charge in [-0.15, -0.1) is 0 Å². The summed E-state index contributed by atoms with van der Waals surface area (Å²) < 4.78 is 4.91. The van der Waals surface area contributed by atoms with Gasteiger partial charge in [-0.2, -0.15) is 0 Å². The van der Waals surface area contributed by atoms with Crippen LogP contribution in [0.15, 0.2) is 0 Å². The Kier molecular flexibility index (Phi) is 7.54. The van der Waals surface area contributed by atoms with Crippen LogP contribution in [0.1, 0.15) is 33.1 Å². The second-order valence-corrected chi connectivity index (χ2v) is 3.73. The Morgan fingerprint density at radius 1 is 1.31 bits per heavy atom. The van der Waals surface area contributed by atoms with Crippen LogP contribution in [0.25, 0.3) is 0 Å². The molecule has 0 bridgehead atoms. The average molecular weight is 232 g/mol. The van der Waals surface area contributed by atoms with Gasteiger partial charge in [0.05, 0.1) is 12.5 Å². The summed E-state index contributed by atoms with van der Waals surface area (Å²) in [6, 6.07) is 0. The molecule has 0 rings (SSSR count). The van der Waals surface area contributed by atoms with Crippen LogP contribution in [0, 0.1) is 11.8 Å². The third kappa shape index (κ3) is 5.11. The molecule has 0 saturated carbocycles. The summed E-state index contributed by atoms with van der Waals surface area (Å²) in [6.45, 7) is 3.27. The van der Waals surface area contributed by atoms with Crippen molar-refractivity contribution in [2.24, 2.45) is 11.8 Å². The van der Waals surface area contributed by atoms with E-state index in [0.29, 0.717) is 19.3 Å². The van der Waals surface area contributed by atoms with Crippen molar-refractivity contribution in [3.8, 4) is 0 Å². The lowest BCUT2D eigenvalue weighted by Gasteiger charge is -2.20. The van der Waals surface area contributed by atoms with Crippen molar-refractivity contribution in [1.29, 1.82) is 0 Å². The molecule has 0 fully saturated rings. The minimum atomic E-state index is -0.965. The molecule has 16 heavy (non-hydrogen) atoms. The van der Waals surface area contributed by atoms with Crippen LogP contribution < -0.4 is 0 Å². The first-order valence-corrected chi connectivity index (χ1v) is 5.56. The van der Waals surface area contributed by atoms with E-state index in [2.05, 4.69) is 0 Å². The molecular weight excluding hydrogens is 212 g/mol. The number of ether oxygens (including phenoxy) is 1. The summed E-state index contributed by atoms with van der Waals surface area (Å²) in [5.74, 6) is -2.50. The minimum Gasteiger partial charge on any atom is -0.481 e. The van der Waals surface area contributed by atoms with E-state index in [4.69, 9.17) is 14.9 Å². The normalized spacial score (nSPS) is 14.2. The highest BCUT2D eigenvalue weighted by Crippen LogP contribution is 2.16. The molecule has 5 heteroatoms. The molecule has 0 aromatic carbocycles. The van der Waals surface area contributed by atoms with Crippen molar-refractivity contribution in [3.63, 3.8) is 0 Å². The number of hydrogen-bond donors (Lipinski definition) is 2. The zero-order valence-electron chi connectivity index (χ0n) is 9.81. The van der Waals surface area contributed by atoms with Crippen molar-refractivity contribution in [2.45, 2.75) is 33.1 Å². The van der Waals surface area contributed by atoms with E-state index in [1.807, 2.05) is 6.92 Å². The van der Waals surface area contributed by atoms with Crippen molar-refractivity contribution >= 4 is 11.9 Å². The molecule has 0 heterocycles. The molecule has 0 aromatic heterocycles. The molecule has 0 radical (unpaired) electrons. The van der Waals surface area contributed by atoms with Crippen molar-refractivity contribution in [3.05, 3.63) is 0 Å². The van der Waals surface area contributed by atoms with Crippen molar-refractivity contribution in [2.75, 3.05) is 13.2 Å². The molecular formula is C11H20O5. The quantitative estimate of drug-likeness (QED) is 0.611. The first-order chi connectivity index (χ1) is 7.56. The van der Waals surface area contributed by atoms with Gasteiger partial charge in [-0.05, 0) is 12.8 Å². The summed E-state index contributed by atoms with van der Waals surface area (Å²) in [4.78, 5) is 21.9. The summed E-state index contributed by atoms with van der Waals surface area (Å²) >= 11 is 0. The van der Waals surface area contributed by atoms with Crippen molar-refractivity contribution < 1.29 is 24.5 Å². The van der Waals surface area contributed by atoms with E-state index in [9.17, 15) is 9.59 Å². The molecule has 0 amide bonds. The van der Waals surface area contributed by atoms with Crippen LogP contribution in [-0.2, 0) is 14.3 Å². The highest BCUT2D eigenvalue weighted by Gasteiger charge is 2.27. The highest BCUT2D eigenvalue weighted by molar-refractivity contribution is 5.71. The second-order valence-electron chi connectivity index (χ2n) is 3.73. The Balaban J connectivity index is 4.18. The fourth-order valence-electron chi connectivity index (χ4n) is 1.48. The van der Waals surface area contributed by atoms with E-state index in [1.165, 1.54) is 0 Å². The molecule has 0 aromatic rings. The molecule has 0 aliphatic heterocycles. The van der Waals surface area contributed by atoms with E-state index in [1.54, 1.807) is 6.92 Å². The maximum Gasteiger partial charge on any atom is 0.306 e. The molecule has 2 unspecified atom stereocenters. The number of aliphatic carboxylic acids is 1. The number of hydrogen-bond acceptors (Lipinski definition) is 4. The Hall–Kier alpha value is -1.10. The van der Waals surface area contributed by atoms with Gasteiger partial charge in [0.25, 0.3) is 0 Å². The van der Waals surface area contributed by atoms with E-state index in [0.717, 1.165) is 0 Å². The lowest BCUT2D eigenvalue weighted by molar-refractivity contribution is -0.152. The summed E-state index contributed by atoms with van der Waals surface area (Å²) in [6.07, 6.45) is 1.42. The fourth-order valence-corrected chi connectivity index (χ4v) is 1.48. The fraction of sp³-hybridized carbons (Fsp3) is 0.818. The number of carboxylic acids is 1. The van der Waals surface area contributed by atoms with Gasteiger partial charge in [0.1, 0.15) is 0 Å². The van der Waals surface area contributed by atoms with E-state index < -0.39 is 17.8 Å². The van der Waals surface area contributed by atoms with Crippen LogP contribution >= 0.6 is 0 Å². The molecule has 2 atom stereocenters. The Morgan fingerprint density at radius 3 is 2.31 bits per heavy atom. The predicted molar refractivity (Wildman–Crippen MR) is 57.9 cm³/mol. The van der Waals surface area contributed by atoms with E-state index >= 15 is 0 Å². The number of carbonyl (C=O) groups excluding carboxylic acids is 1. The lowest BCUT2D eigenvalue weighted by Crippen LogP contribution is -2.30. The van der Waals surface area contributed by atoms with Gasteiger partial charge in [0, 0.05) is 18.9 Å². The number of aliphatic hydroxyl groups is 1. The summed E-state index contributed by atoms with van der Waals surface area (Å²) in [7, 11) is 0. The molecule has 0 spiro atoms. The van der Waals surface area contributed by atoms with Crippen LogP contribution in [0.5, 0.6) is 0 Å². The summed E-state index contributed by atoms with van der Waals surface area (Å²) in [5.41, 5.74) is 0. The van der Waals surface area contributed by atoms with Crippen LogP contribution in [0.3, 0.4) is 0 Å². The Bertz CT molecular complexity index is 226. The maximum absolute atomic E-state index is 11.1. The standard InChI is InChI=1S/C11H20O5/c1-3-5-10(13)16-7-8(6-12)9(4-2)11(14)15/h8-9,12H,3-7H2,1-2H3,(H,14,15). The molecule has 94 valence electrons. The van der Waals surface area contributed by atoms with Gasteiger partial charge in [-0.25, -0.2) is 0 Å². The minimum absolute atomic E-state index is 0.0276. The number of aliphatic hydroxyl groups excluding tert-OH is 1. The zero-order chi connectivity index (χ0) is 12.6. The topological polar surface area (TPSA) is 83.8 Å². The molecule has 5 nitrogen and oxygen atoms in total. The second kappa shape index (κ2) is 8.10. The first-order valence-electron chi connectivity index (χ1n) is 5.56. The monoisotopic (exact) mass is 232 g/mol. The summed E-state index contributed by atoms with van der Waals surface area (Å²) in [5, 5.41) is 18.0. The SMILES string of the molecule is CCCC(=O)OCC(CO)C(CC)C(=O)O. The van der Waals surface area contributed by atoms with E-state index in [-0.39, 0.29) is 19.2 Å². The van der Waals surface area contributed by atoms with Crippen LogP contribution in [0.2, 0.25) is 0 Å². The third-order valence-corrected chi connectivity index (χ3v) is 2.47. The van der Waals surface area contributed by atoms with Crippen LogP contribution in [0.4, 0.5) is 0 Å². The molecule has 2 N–H and O–H groups in total. The number of rotatable bonds is 8. The Morgan fingerprint density at radius 2 is 1.94 bits per heavy atom. The largest absolute Gasteiger partial charge is 0.481 e. The van der Waals surface area contributed by atoms with Gasteiger partial charge in [-0.3, -0.25) is 9.59 Å². The smallest absolute Gasteiger partial charge is 0.306 e. The number of carbonyl (C=O) groups is 2. The Labute approximate surface area is 95.4 Å². The predicted octanol–water partition coefficient (Wildman–Crippen LogP) is 1.05. The number of esters is 1.